The molecule has 2 N–H and O–H groups in total. The number of aromatic hydroxyl groups is 1. The summed E-state index contributed by atoms with van der Waals surface area (Å²) in [7, 11) is 0. The van der Waals surface area contributed by atoms with Crippen LogP contribution >= 0.6 is 0 Å². The molecule has 0 unspecified atom stereocenters. The summed E-state index contributed by atoms with van der Waals surface area (Å²) in [5, 5.41) is 14.7. The van der Waals surface area contributed by atoms with E-state index in [1.54, 1.807) is 36.8 Å². The Balaban J connectivity index is 1.66. The van der Waals surface area contributed by atoms with Crippen LogP contribution in [0.25, 0.3) is 22.2 Å². The van der Waals surface area contributed by atoms with Gasteiger partial charge in [0, 0.05) is 23.3 Å². The molecule has 0 radical (unpaired) electrons. The average molecular weight is 396 g/mol. The molecule has 6 nitrogen and oxygen atoms in total. The van der Waals surface area contributed by atoms with E-state index in [0.29, 0.717) is 11.3 Å². The molecule has 4 rings (SSSR count). The summed E-state index contributed by atoms with van der Waals surface area (Å²) in [4.78, 5) is 21.7. The molecule has 0 atom stereocenters. The first kappa shape index (κ1) is 19.3. The van der Waals surface area contributed by atoms with Gasteiger partial charge >= 0.3 is 0 Å². The van der Waals surface area contributed by atoms with Gasteiger partial charge in [-0.1, -0.05) is 18.2 Å². The van der Waals surface area contributed by atoms with Gasteiger partial charge in [0.15, 0.2) is 0 Å². The van der Waals surface area contributed by atoms with E-state index in [4.69, 9.17) is 0 Å². The van der Waals surface area contributed by atoms with Crippen LogP contribution < -0.4 is 5.43 Å². The highest BCUT2D eigenvalue weighted by Crippen LogP contribution is 2.25. The standard InChI is InChI=1S/C24H20N4O2/c1-15-10-17(11-16(2)23(15)29)13-26-28-24(30)20-12-22(18-6-5-9-25-14-18)27-21-8-4-3-7-19(20)21/h3-14,29H,1-2H3,(H,28,30)/b26-13+. The number of benzene rings is 2. The van der Waals surface area contributed by atoms with Crippen LogP contribution in [0.1, 0.15) is 27.0 Å². The molecule has 4 aromatic rings. The van der Waals surface area contributed by atoms with Crippen LogP contribution in [0.2, 0.25) is 0 Å². The number of nitrogens with one attached hydrogen (secondary N) is 1. The first-order valence-electron chi connectivity index (χ1n) is 9.47. The molecule has 2 heterocycles. The average Bonchev–Trinajstić information content (AvgIpc) is 2.77. The van der Waals surface area contributed by atoms with Gasteiger partial charge in [0.25, 0.3) is 5.91 Å². The van der Waals surface area contributed by atoms with Crippen molar-refractivity contribution >= 4 is 23.0 Å². The normalized spacial score (nSPS) is 11.1. The van der Waals surface area contributed by atoms with Crippen LogP contribution in [-0.4, -0.2) is 27.2 Å². The maximum Gasteiger partial charge on any atom is 0.272 e. The SMILES string of the molecule is Cc1cc(/C=N/NC(=O)c2cc(-c3cccnc3)nc3ccccc23)cc(C)c1O. The number of para-hydroxylation sites is 1. The van der Waals surface area contributed by atoms with Crippen molar-refractivity contribution in [3.63, 3.8) is 0 Å². The largest absolute Gasteiger partial charge is 0.507 e. The van der Waals surface area contributed by atoms with E-state index >= 15 is 0 Å². The predicted octanol–water partition coefficient (Wildman–Crippen LogP) is 4.38. The van der Waals surface area contributed by atoms with Gasteiger partial charge in [-0.05, 0) is 66.9 Å². The highest BCUT2D eigenvalue weighted by atomic mass is 16.3. The van der Waals surface area contributed by atoms with Crippen molar-refractivity contribution in [1.82, 2.24) is 15.4 Å². The second-order valence-corrected chi connectivity index (χ2v) is 7.02. The van der Waals surface area contributed by atoms with E-state index in [0.717, 1.165) is 33.2 Å². The summed E-state index contributed by atoms with van der Waals surface area (Å²) in [6, 6.07) is 16.6. The molecular formula is C24H20N4O2. The van der Waals surface area contributed by atoms with E-state index in [1.807, 2.05) is 50.2 Å². The van der Waals surface area contributed by atoms with Crippen LogP contribution in [0, 0.1) is 13.8 Å². The minimum absolute atomic E-state index is 0.266. The van der Waals surface area contributed by atoms with Crippen molar-refractivity contribution in [1.29, 1.82) is 0 Å². The number of aryl methyl sites for hydroxylation is 2. The Labute approximate surface area is 173 Å². The number of carbonyl (C=O) groups is 1. The number of amides is 1. The fraction of sp³-hybridized carbons (Fsp3) is 0.0833. The molecule has 0 bridgehead atoms. The zero-order chi connectivity index (χ0) is 21.1. The summed E-state index contributed by atoms with van der Waals surface area (Å²) in [6.45, 7) is 3.64. The molecule has 2 aromatic heterocycles. The zero-order valence-corrected chi connectivity index (χ0v) is 16.6. The number of hydrazone groups is 1. The molecule has 0 saturated heterocycles. The number of phenolic OH excluding ortho intramolecular Hbond substituents is 1. The van der Waals surface area contributed by atoms with Gasteiger partial charge in [0.05, 0.1) is 23.0 Å². The molecule has 0 spiro atoms. The lowest BCUT2D eigenvalue weighted by molar-refractivity contribution is 0.0956. The Bertz CT molecular complexity index is 1240. The van der Waals surface area contributed by atoms with Gasteiger partial charge in [0.2, 0.25) is 0 Å². The molecule has 148 valence electrons. The number of fused-ring (bicyclic) bond motifs is 1. The van der Waals surface area contributed by atoms with Crippen molar-refractivity contribution in [2.24, 2.45) is 5.10 Å². The third kappa shape index (κ3) is 3.89. The third-order valence-corrected chi connectivity index (χ3v) is 4.81. The van der Waals surface area contributed by atoms with E-state index in [2.05, 4.69) is 20.5 Å². The molecule has 0 aliphatic carbocycles. The Morgan fingerprint density at radius 2 is 1.83 bits per heavy atom. The molecule has 0 aliphatic rings. The smallest absolute Gasteiger partial charge is 0.272 e. The Hall–Kier alpha value is -4.06. The van der Waals surface area contributed by atoms with Gasteiger partial charge in [-0.25, -0.2) is 10.4 Å². The van der Waals surface area contributed by atoms with Gasteiger partial charge in [0.1, 0.15) is 5.75 Å². The monoisotopic (exact) mass is 396 g/mol. The first-order chi connectivity index (χ1) is 14.5. The summed E-state index contributed by atoms with van der Waals surface area (Å²) >= 11 is 0. The quantitative estimate of drug-likeness (QED) is 0.396. The lowest BCUT2D eigenvalue weighted by atomic mass is 10.0. The third-order valence-electron chi connectivity index (χ3n) is 4.81. The fourth-order valence-corrected chi connectivity index (χ4v) is 3.32. The summed E-state index contributed by atoms with van der Waals surface area (Å²) in [5.74, 6) is -0.0652. The molecule has 1 amide bonds. The molecule has 2 aromatic carbocycles. The fourth-order valence-electron chi connectivity index (χ4n) is 3.32. The molecule has 0 aliphatic heterocycles. The lowest BCUT2D eigenvalue weighted by Gasteiger charge is -2.09. The zero-order valence-electron chi connectivity index (χ0n) is 16.6. The summed E-state index contributed by atoms with van der Waals surface area (Å²) in [5.41, 5.74) is 7.59. The number of nitrogens with zero attached hydrogens (tertiary/aromatic N) is 3. The highest BCUT2D eigenvalue weighted by Gasteiger charge is 2.13. The topological polar surface area (TPSA) is 87.5 Å². The minimum Gasteiger partial charge on any atom is -0.507 e. The summed E-state index contributed by atoms with van der Waals surface area (Å²) in [6.07, 6.45) is 4.97. The first-order valence-corrected chi connectivity index (χ1v) is 9.47. The van der Waals surface area contributed by atoms with Crippen LogP contribution in [0.15, 0.2) is 72.1 Å². The number of hydrogen-bond donors (Lipinski definition) is 2. The number of rotatable bonds is 4. The van der Waals surface area contributed by atoms with Crippen molar-refractivity contribution in [3.8, 4) is 17.0 Å². The molecule has 30 heavy (non-hydrogen) atoms. The number of aromatic nitrogens is 2. The maximum absolute atomic E-state index is 12.9. The van der Waals surface area contributed by atoms with Gasteiger partial charge in [-0.2, -0.15) is 5.10 Å². The van der Waals surface area contributed by atoms with Crippen molar-refractivity contribution in [2.45, 2.75) is 13.8 Å². The van der Waals surface area contributed by atoms with Crippen LogP contribution in [0.5, 0.6) is 5.75 Å². The lowest BCUT2D eigenvalue weighted by Crippen LogP contribution is -2.18. The Morgan fingerprint density at radius 3 is 2.57 bits per heavy atom. The van der Waals surface area contributed by atoms with E-state index < -0.39 is 0 Å². The number of carbonyl (C=O) groups excluding carboxylic acids is 1. The number of phenols is 1. The van der Waals surface area contributed by atoms with Crippen molar-refractivity contribution in [3.05, 3.63) is 89.2 Å². The van der Waals surface area contributed by atoms with E-state index in [9.17, 15) is 9.90 Å². The highest BCUT2D eigenvalue weighted by molar-refractivity contribution is 6.07. The molecule has 0 saturated carbocycles. The Kier molecular flexibility index (Phi) is 5.22. The Morgan fingerprint density at radius 1 is 1.07 bits per heavy atom. The molecule has 0 fully saturated rings. The maximum atomic E-state index is 12.9. The van der Waals surface area contributed by atoms with Crippen LogP contribution in [-0.2, 0) is 0 Å². The second kappa shape index (κ2) is 8.13. The van der Waals surface area contributed by atoms with E-state index in [1.165, 1.54) is 0 Å². The number of hydrogen-bond acceptors (Lipinski definition) is 5. The number of pyridine rings is 2. The van der Waals surface area contributed by atoms with Crippen LogP contribution in [0.4, 0.5) is 0 Å². The molecular weight excluding hydrogens is 376 g/mol. The van der Waals surface area contributed by atoms with Crippen LogP contribution in [0.3, 0.4) is 0 Å². The summed E-state index contributed by atoms with van der Waals surface area (Å²) < 4.78 is 0. The van der Waals surface area contributed by atoms with E-state index in [-0.39, 0.29) is 11.7 Å². The van der Waals surface area contributed by atoms with Gasteiger partial charge in [-0.15, -0.1) is 0 Å². The minimum atomic E-state index is -0.331. The second-order valence-electron chi connectivity index (χ2n) is 7.02. The van der Waals surface area contributed by atoms with Gasteiger partial charge < -0.3 is 5.11 Å². The van der Waals surface area contributed by atoms with Crippen molar-refractivity contribution in [2.75, 3.05) is 0 Å². The van der Waals surface area contributed by atoms with Gasteiger partial charge in [-0.3, -0.25) is 9.78 Å². The molecule has 6 heteroatoms. The predicted molar refractivity (Wildman–Crippen MR) is 118 cm³/mol. The van der Waals surface area contributed by atoms with Crippen molar-refractivity contribution < 1.29 is 9.90 Å².